The number of hydrogen-bond donors (Lipinski definition) is 0. The van der Waals surface area contributed by atoms with Crippen molar-refractivity contribution in [2.24, 2.45) is 0 Å². The largest absolute Gasteiger partial charge is 0.299 e. The van der Waals surface area contributed by atoms with Gasteiger partial charge in [-0.2, -0.15) is 0 Å². The smallest absolute Gasteiger partial charge is 0.287 e. The molecule has 0 bridgehead atoms. The van der Waals surface area contributed by atoms with Gasteiger partial charge in [0.05, 0.1) is 4.92 Å². The number of carbonyl (C=O) groups is 1. The number of nitrogens with zero attached hydrogens (tertiary/aromatic N) is 1. The second-order valence-electron chi connectivity index (χ2n) is 5.87. The summed E-state index contributed by atoms with van der Waals surface area (Å²) in [7, 11) is 0. The van der Waals surface area contributed by atoms with Crippen LogP contribution >= 0.6 is 11.6 Å². The number of benzene rings is 2. The van der Waals surface area contributed by atoms with Crippen LogP contribution in [0.5, 0.6) is 0 Å². The van der Waals surface area contributed by atoms with E-state index in [0.29, 0.717) is 12.3 Å². The second kappa shape index (κ2) is 6.50. The standard InChI is InChI=1S/C18H16ClNO3/c19-16-11-14(6-8-17(16)20(22)23)15-10-13(7-9-18(15)21)12-4-2-1-3-5-12/h1-6,8,11,13,15H,7,9-10H2/t13-,15+/m1/s1. The molecule has 1 aliphatic carbocycles. The molecule has 0 N–H and O–H groups in total. The maximum atomic E-state index is 12.3. The lowest BCUT2D eigenvalue weighted by atomic mass is 9.74. The van der Waals surface area contributed by atoms with Gasteiger partial charge < -0.3 is 0 Å². The molecule has 4 nitrogen and oxygen atoms in total. The van der Waals surface area contributed by atoms with Crippen LogP contribution in [0.1, 0.15) is 42.2 Å². The van der Waals surface area contributed by atoms with Crippen molar-refractivity contribution in [3.8, 4) is 0 Å². The lowest BCUT2D eigenvalue weighted by Crippen LogP contribution is -2.22. The highest BCUT2D eigenvalue weighted by Gasteiger charge is 2.31. The molecule has 0 aliphatic heterocycles. The third-order valence-electron chi connectivity index (χ3n) is 4.49. The third-order valence-corrected chi connectivity index (χ3v) is 4.79. The molecule has 2 aromatic rings. The Labute approximate surface area is 139 Å². The van der Waals surface area contributed by atoms with E-state index < -0.39 is 4.92 Å². The van der Waals surface area contributed by atoms with Crippen molar-refractivity contribution in [1.82, 2.24) is 0 Å². The number of rotatable bonds is 3. The molecule has 3 rings (SSSR count). The topological polar surface area (TPSA) is 60.2 Å². The summed E-state index contributed by atoms with van der Waals surface area (Å²) in [6, 6.07) is 14.8. The highest BCUT2D eigenvalue weighted by Crippen LogP contribution is 2.40. The molecular weight excluding hydrogens is 314 g/mol. The van der Waals surface area contributed by atoms with Crippen molar-refractivity contribution < 1.29 is 9.72 Å². The summed E-state index contributed by atoms with van der Waals surface area (Å²) in [5, 5.41) is 11.0. The Hall–Kier alpha value is -2.20. The van der Waals surface area contributed by atoms with Crippen LogP contribution in [0.4, 0.5) is 5.69 Å². The summed E-state index contributed by atoms with van der Waals surface area (Å²) in [6.07, 6.45) is 2.09. The minimum Gasteiger partial charge on any atom is -0.299 e. The van der Waals surface area contributed by atoms with Crippen molar-refractivity contribution in [2.45, 2.75) is 31.1 Å². The highest BCUT2D eigenvalue weighted by molar-refractivity contribution is 6.32. The van der Waals surface area contributed by atoms with Gasteiger partial charge in [-0.1, -0.05) is 48.0 Å². The quantitative estimate of drug-likeness (QED) is 0.596. The molecule has 0 aromatic heterocycles. The molecule has 2 aromatic carbocycles. The molecule has 0 amide bonds. The van der Waals surface area contributed by atoms with Crippen LogP contribution in [-0.2, 0) is 4.79 Å². The first-order valence-corrected chi connectivity index (χ1v) is 7.95. The Morgan fingerprint density at radius 1 is 1.09 bits per heavy atom. The van der Waals surface area contributed by atoms with E-state index in [1.807, 2.05) is 18.2 Å². The third kappa shape index (κ3) is 3.27. The van der Waals surface area contributed by atoms with Crippen LogP contribution in [0.3, 0.4) is 0 Å². The fraction of sp³-hybridized carbons (Fsp3) is 0.278. The molecule has 23 heavy (non-hydrogen) atoms. The normalized spacial score (nSPS) is 21.2. The van der Waals surface area contributed by atoms with Gasteiger partial charge in [0.1, 0.15) is 10.8 Å². The molecule has 118 valence electrons. The number of hydrogen-bond acceptors (Lipinski definition) is 3. The Morgan fingerprint density at radius 2 is 1.83 bits per heavy atom. The zero-order chi connectivity index (χ0) is 16.4. The number of carbonyl (C=O) groups excluding carboxylic acids is 1. The highest BCUT2D eigenvalue weighted by atomic mass is 35.5. The fourth-order valence-electron chi connectivity index (χ4n) is 3.26. The van der Waals surface area contributed by atoms with Gasteiger partial charge in [0, 0.05) is 18.4 Å². The van der Waals surface area contributed by atoms with Gasteiger partial charge >= 0.3 is 0 Å². The van der Waals surface area contributed by atoms with E-state index in [1.165, 1.54) is 11.6 Å². The summed E-state index contributed by atoms with van der Waals surface area (Å²) in [5.74, 6) is 0.266. The van der Waals surface area contributed by atoms with E-state index >= 15 is 0 Å². The number of nitro groups is 1. The van der Waals surface area contributed by atoms with Crippen LogP contribution in [0.15, 0.2) is 48.5 Å². The molecule has 2 atom stereocenters. The molecule has 5 heteroatoms. The fourth-order valence-corrected chi connectivity index (χ4v) is 3.52. The van der Waals surface area contributed by atoms with E-state index in [2.05, 4.69) is 12.1 Å². The molecule has 0 heterocycles. The average Bonchev–Trinajstić information content (AvgIpc) is 2.55. The molecule has 0 radical (unpaired) electrons. The monoisotopic (exact) mass is 329 g/mol. The second-order valence-corrected chi connectivity index (χ2v) is 6.28. The molecule has 0 saturated heterocycles. The van der Waals surface area contributed by atoms with Gasteiger partial charge in [0.25, 0.3) is 5.69 Å². The van der Waals surface area contributed by atoms with E-state index in [1.54, 1.807) is 12.1 Å². The van der Waals surface area contributed by atoms with Gasteiger partial charge in [0.15, 0.2) is 0 Å². The van der Waals surface area contributed by atoms with Crippen molar-refractivity contribution in [1.29, 1.82) is 0 Å². The summed E-state index contributed by atoms with van der Waals surface area (Å²) in [4.78, 5) is 22.7. The van der Waals surface area contributed by atoms with E-state index in [4.69, 9.17) is 11.6 Å². The molecule has 0 spiro atoms. The predicted molar refractivity (Wildman–Crippen MR) is 88.9 cm³/mol. The SMILES string of the molecule is O=C1CC[C@@H](c2ccccc2)C[C@H]1c1ccc([N+](=O)[O-])c(Cl)c1. The van der Waals surface area contributed by atoms with Gasteiger partial charge in [-0.15, -0.1) is 0 Å². The zero-order valence-electron chi connectivity index (χ0n) is 12.4. The van der Waals surface area contributed by atoms with Crippen LogP contribution in [0.25, 0.3) is 0 Å². The van der Waals surface area contributed by atoms with Crippen molar-refractivity contribution in [3.05, 3.63) is 74.8 Å². The van der Waals surface area contributed by atoms with E-state index in [0.717, 1.165) is 18.4 Å². The predicted octanol–water partition coefficient (Wildman–Crippen LogP) is 4.87. The van der Waals surface area contributed by atoms with Gasteiger partial charge in [0.2, 0.25) is 0 Å². The van der Waals surface area contributed by atoms with Crippen LogP contribution in [0.2, 0.25) is 5.02 Å². The number of Topliss-reactive ketones (excluding diaryl/α,β-unsaturated/α-hetero) is 1. The molecule has 1 fully saturated rings. The zero-order valence-corrected chi connectivity index (χ0v) is 13.2. The Bertz CT molecular complexity index is 745. The summed E-state index contributed by atoms with van der Waals surface area (Å²) in [6.45, 7) is 0. The minimum atomic E-state index is -0.512. The maximum absolute atomic E-state index is 12.3. The van der Waals surface area contributed by atoms with Gasteiger partial charge in [-0.05, 0) is 36.0 Å². The molecule has 1 saturated carbocycles. The lowest BCUT2D eigenvalue weighted by Gasteiger charge is -2.28. The van der Waals surface area contributed by atoms with Crippen molar-refractivity contribution in [2.75, 3.05) is 0 Å². The van der Waals surface area contributed by atoms with E-state index in [-0.39, 0.29) is 22.4 Å². The van der Waals surface area contributed by atoms with Crippen LogP contribution in [-0.4, -0.2) is 10.7 Å². The summed E-state index contributed by atoms with van der Waals surface area (Å²) >= 11 is 5.99. The molecule has 1 aliphatic rings. The first kappa shape index (κ1) is 15.7. The first-order valence-electron chi connectivity index (χ1n) is 7.57. The van der Waals surface area contributed by atoms with E-state index in [9.17, 15) is 14.9 Å². The first-order chi connectivity index (χ1) is 11.1. The summed E-state index contributed by atoms with van der Waals surface area (Å²) < 4.78 is 0. The van der Waals surface area contributed by atoms with Crippen molar-refractivity contribution in [3.63, 3.8) is 0 Å². The number of ketones is 1. The summed E-state index contributed by atoms with van der Waals surface area (Å²) in [5.41, 5.74) is 1.88. The Morgan fingerprint density at radius 3 is 2.48 bits per heavy atom. The Balaban J connectivity index is 1.87. The average molecular weight is 330 g/mol. The molecule has 0 unspecified atom stereocenters. The van der Waals surface area contributed by atoms with Gasteiger partial charge in [-0.3, -0.25) is 14.9 Å². The maximum Gasteiger partial charge on any atom is 0.287 e. The van der Waals surface area contributed by atoms with Crippen molar-refractivity contribution >= 4 is 23.1 Å². The molecular formula is C18H16ClNO3. The van der Waals surface area contributed by atoms with Gasteiger partial charge in [-0.25, -0.2) is 0 Å². The number of nitro benzene ring substituents is 1. The lowest BCUT2D eigenvalue weighted by molar-refractivity contribution is -0.384. The number of halogens is 1. The Kier molecular flexibility index (Phi) is 4.44. The van der Waals surface area contributed by atoms with Crippen LogP contribution < -0.4 is 0 Å². The van der Waals surface area contributed by atoms with Crippen LogP contribution in [0, 0.1) is 10.1 Å². The minimum absolute atomic E-state index is 0.0853.